The molecule has 1 saturated heterocycles. The van der Waals surface area contributed by atoms with Crippen molar-refractivity contribution in [1.29, 1.82) is 0 Å². The molecule has 27 heavy (non-hydrogen) atoms. The summed E-state index contributed by atoms with van der Waals surface area (Å²) >= 11 is 0. The minimum absolute atomic E-state index is 0.0646. The zero-order valence-corrected chi connectivity index (χ0v) is 15.3. The van der Waals surface area contributed by atoms with E-state index in [9.17, 15) is 18.8 Å². The van der Waals surface area contributed by atoms with E-state index < -0.39 is 17.8 Å². The summed E-state index contributed by atoms with van der Waals surface area (Å²) in [6.07, 6.45) is 3.49. The van der Waals surface area contributed by atoms with E-state index in [1.165, 1.54) is 24.3 Å². The number of hydrogen-bond acceptors (Lipinski definition) is 3. The monoisotopic (exact) mass is 376 g/mol. The van der Waals surface area contributed by atoms with Crippen molar-refractivity contribution in [3.63, 3.8) is 0 Å². The van der Waals surface area contributed by atoms with Crippen molar-refractivity contribution < 1.29 is 18.8 Å². The van der Waals surface area contributed by atoms with E-state index in [1.807, 2.05) is 6.92 Å². The normalized spacial score (nSPS) is 24.6. The Bertz CT molecular complexity index is 709. The minimum Gasteiger partial charge on any atom is -0.349 e. The Hall–Kier alpha value is -2.64. The van der Waals surface area contributed by atoms with Gasteiger partial charge in [-0.1, -0.05) is 12.8 Å². The zero-order chi connectivity index (χ0) is 19.4. The predicted molar refractivity (Wildman–Crippen MR) is 98.5 cm³/mol. The van der Waals surface area contributed by atoms with Crippen LogP contribution in [0.5, 0.6) is 0 Å². The highest BCUT2D eigenvalue weighted by Crippen LogP contribution is 2.29. The maximum Gasteiger partial charge on any atom is 0.318 e. The van der Waals surface area contributed by atoms with Crippen LogP contribution in [0.15, 0.2) is 24.3 Å². The van der Waals surface area contributed by atoms with Gasteiger partial charge in [-0.25, -0.2) is 9.18 Å². The Morgan fingerprint density at radius 2 is 1.93 bits per heavy atom. The first-order valence-electron chi connectivity index (χ1n) is 9.41. The number of anilines is 1. The lowest BCUT2D eigenvalue weighted by Crippen LogP contribution is -2.69. The number of nitrogens with zero attached hydrogens (tertiary/aromatic N) is 1. The third-order valence-corrected chi connectivity index (χ3v) is 5.12. The molecule has 7 nitrogen and oxygen atoms in total. The quantitative estimate of drug-likeness (QED) is 0.751. The third kappa shape index (κ3) is 4.37. The molecular formula is C19H25FN4O3. The molecule has 1 aromatic rings. The molecule has 1 aromatic carbocycles. The summed E-state index contributed by atoms with van der Waals surface area (Å²) in [7, 11) is 0. The summed E-state index contributed by atoms with van der Waals surface area (Å²) < 4.78 is 13.0. The number of hydrogen-bond donors (Lipinski definition) is 3. The van der Waals surface area contributed by atoms with E-state index in [0.29, 0.717) is 12.2 Å². The number of rotatable bonds is 4. The number of benzene rings is 1. The molecule has 1 aliphatic carbocycles. The molecule has 0 bridgehead atoms. The predicted octanol–water partition coefficient (Wildman–Crippen LogP) is 2.00. The van der Waals surface area contributed by atoms with Crippen molar-refractivity contribution >= 4 is 23.5 Å². The average molecular weight is 376 g/mol. The number of piperazine rings is 1. The van der Waals surface area contributed by atoms with Crippen molar-refractivity contribution in [3.05, 3.63) is 30.1 Å². The van der Waals surface area contributed by atoms with Gasteiger partial charge in [0.25, 0.3) is 0 Å². The van der Waals surface area contributed by atoms with Crippen molar-refractivity contribution in [3.8, 4) is 0 Å². The molecule has 1 aliphatic heterocycles. The van der Waals surface area contributed by atoms with Gasteiger partial charge in [0.2, 0.25) is 11.8 Å². The van der Waals surface area contributed by atoms with Crippen LogP contribution in [0.4, 0.5) is 14.9 Å². The second-order valence-electron chi connectivity index (χ2n) is 6.98. The maximum atomic E-state index is 13.0. The van der Waals surface area contributed by atoms with Gasteiger partial charge in [0.05, 0.1) is 12.5 Å². The Morgan fingerprint density at radius 1 is 1.22 bits per heavy atom. The highest BCUT2D eigenvalue weighted by Gasteiger charge is 2.45. The average Bonchev–Trinajstić information content (AvgIpc) is 2.64. The molecule has 1 saturated carbocycles. The van der Waals surface area contributed by atoms with Gasteiger partial charge in [0.15, 0.2) is 0 Å². The second kappa shape index (κ2) is 8.37. The molecule has 2 fully saturated rings. The molecule has 0 aromatic heterocycles. The molecule has 2 aliphatic rings. The SMILES string of the molecule is CCNC(=O)N1[C@@H]2CCCC[C@@H]2NC(=O)[C@@H]1CC(=O)Nc1ccc(F)cc1. The smallest absolute Gasteiger partial charge is 0.318 e. The number of halogens is 1. The van der Waals surface area contributed by atoms with Gasteiger partial charge in [-0.2, -0.15) is 0 Å². The fourth-order valence-corrected chi connectivity index (χ4v) is 3.90. The van der Waals surface area contributed by atoms with Crippen molar-refractivity contribution in [2.45, 2.75) is 57.2 Å². The Kier molecular flexibility index (Phi) is 5.93. The molecule has 3 rings (SSSR count). The van der Waals surface area contributed by atoms with Gasteiger partial charge >= 0.3 is 6.03 Å². The number of carbonyl (C=O) groups is 3. The number of fused-ring (bicyclic) bond motifs is 1. The summed E-state index contributed by atoms with van der Waals surface area (Å²) in [5, 5.41) is 8.40. The van der Waals surface area contributed by atoms with Gasteiger partial charge in [0.1, 0.15) is 11.9 Å². The lowest BCUT2D eigenvalue weighted by atomic mass is 9.85. The summed E-state index contributed by atoms with van der Waals surface area (Å²) in [6, 6.07) is 4.05. The largest absolute Gasteiger partial charge is 0.349 e. The zero-order valence-electron chi connectivity index (χ0n) is 15.3. The highest BCUT2D eigenvalue weighted by atomic mass is 19.1. The van der Waals surface area contributed by atoms with E-state index in [1.54, 1.807) is 4.90 Å². The van der Waals surface area contributed by atoms with Crippen LogP contribution in [-0.2, 0) is 9.59 Å². The van der Waals surface area contributed by atoms with Crippen LogP contribution in [-0.4, -0.2) is 47.4 Å². The van der Waals surface area contributed by atoms with Crippen LogP contribution in [0.2, 0.25) is 0 Å². The molecule has 4 amide bonds. The van der Waals surface area contributed by atoms with E-state index in [0.717, 1.165) is 25.7 Å². The van der Waals surface area contributed by atoms with E-state index in [2.05, 4.69) is 16.0 Å². The van der Waals surface area contributed by atoms with E-state index >= 15 is 0 Å². The molecule has 0 radical (unpaired) electrons. The number of nitrogens with one attached hydrogen (secondary N) is 3. The molecular weight excluding hydrogens is 351 g/mol. The van der Waals surface area contributed by atoms with Gasteiger partial charge in [-0.15, -0.1) is 0 Å². The molecule has 3 N–H and O–H groups in total. The Morgan fingerprint density at radius 3 is 2.63 bits per heavy atom. The van der Waals surface area contributed by atoms with Crippen LogP contribution < -0.4 is 16.0 Å². The van der Waals surface area contributed by atoms with Gasteiger partial charge in [0, 0.05) is 18.3 Å². The summed E-state index contributed by atoms with van der Waals surface area (Å²) in [5.74, 6) is -1.10. The Labute approximate surface area is 157 Å². The molecule has 146 valence electrons. The molecule has 1 heterocycles. The van der Waals surface area contributed by atoms with Crippen LogP contribution in [0.25, 0.3) is 0 Å². The van der Waals surface area contributed by atoms with Gasteiger partial charge < -0.3 is 20.9 Å². The molecule has 8 heteroatoms. The van der Waals surface area contributed by atoms with E-state index in [-0.39, 0.29) is 30.4 Å². The first kappa shape index (κ1) is 19.1. The lowest BCUT2D eigenvalue weighted by Gasteiger charge is -2.47. The van der Waals surface area contributed by atoms with Gasteiger partial charge in [-0.3, -0.25) is 9.59 Å². The standard InChI is InChI=1S/C19H25FN4O3/c1-2-21-19(27)24-15-6-4-3-5-14(15)23-18(26)16(24)11-17(25)22-13-9-7-12(20)8-10-13/h7-10,14-16H,2-6,11H2,1H3,(H,21,27)(H,22,25)(H,23,26)/t14-,15+,16-/m0/s1. The van der Waals surface area contributed by atoms with Crippen molar-refractivity contribution in [2.24, 2.45) is 0 Å². The molecule has 3 atom stereocenters. The maximum absolute atomic E-state index is 13.0. The van der Waals surface area contributed by atoms with Crippen LogP contribution in [0.3, 0.4) is 0 Å². The first-order chi connectivity index (χ1) is 13.0. The number of amides is 4. The van der Waals surface area contributed by atoms with Gasteiger partial charge in [-0.05, 0) is 44.0 Å². The van der Waals surface area contributed by atoms with Crippen LogP contribution in [0.1, 0.15) is 39.0 Å². The minimum atomic E-state index is -0.864. The topological polar surface area (TPSA) is 90.5 Å². The fraction of sp³-hybridized carbons (Fsp3) is 0.526. The fourth-order valence-electron chi connectivity index (χ4n) is 3.90. The number of urea groups is 1. The van der Waals surface area contributed by atoms with Crippen molar-refractivity contribution in [1.82, 2.24) is 15.5 Å². The Balaban J connectivity index is 1.75. The first-order valence-corrected chi connectivity index (χ1v) is 9.41. The third-order valence-electron chi connectivity index (χ3n) is 5.12. The summed E-state index contributed by atoms with van der Waals surface area (Å²) in [6.45, 7) is 2.26. The highest BCUT2D eigenvalue weighted by molar-refractivity contribution is 5.97. The second-order valence-corrected chi connectivity index (χ2v) is 6.98. The lowest BCUT2D eigenvalue weighted by molar-refractivity contribution is -0.135. The van der Waals surface area contributed by atoms with Crippen LogP contribution >= 0.6 is 0 Å². The summed E-state index contributed by atoms with van der Waals surface area (Å²) in [5.41, 5.74) is 0.442. The van der Waals surface area contributed by atoms with E-state index in [4.69, 9.17) is 0 Å². The molecule has 0 spiro atoms. The van der Waals surface area contributed by atoms with Crippen molar-refractivity contribution in [2.75, 3.05) is 11.9 Å². The summed E-state index contributed by atoms with van der Waals surface area (Å²) in [4.78, 5) is 39.3. The molecule has 0 unspecified atom stereocenters. The number of carbonyl (C=O) groups excluding carboxylic acids is 3. The van der Waals surface area contributed by atoms with Crippen LogP contribution in [0, 0.1) is 5.82 Å².